The Labute approximate surface area is 179 Å². The third-order valence-corrected chi connectivity index (χ3v) is 8.75. The number of allylic oxidation sites excluding steroid dienone is 1. The van der Waals surface area contributed by atoms with E-state index in [1.807, 2.05) is 0 Å². The lowest BCUT2D eigenvalue weighted by atomic mass is 9.44. The van der Waals surface area contributed by atoms with Crippen molar-refractivity contribution in [2.75, 3.05) is 6.61 Å². The Kier molecular flexibility index (Phi) is 5.55. The molecule has 2 saturated heterocycles. The van der Waals surface area contributed by atoms with Gasteiger partial charge in [0.05, 0.1) is 12.2 Å². The number of epoxide rings is 1. The fourth-order valence-electron chi connectivity index (χ4n) is 6.67. The first-order valence-electron chi connectivity index (χ1n) is 11.4. The minimum absolute atomic E-state index is 0.0988. The largest absolute Gasteiger partial charge is 0.435 e. The van der Waals surface area contributed by atoms with Gasteiger partial charge < -0.3 is 14.2 Å². The molecule has 1 spiro atoms. The van der Waals surface area contributed by atoms with Crippen molar-refractivity contribution in [2.24, 2.45) is 22.7 Å². The molecule has 4 aliphatic rings. The summed E-state index contributed by atoms with van der Waals surface area (Å²) in [6, 6.07) is 0. The van der Waals surface area contributed by atoms with E-state index in [9.17, 15) is 9.59 Å². The molecule has 2 unspecified atom stereocenters. The maximum Gasteiger partial charge on any atom is 0.305 e. The fourth-order valence-corrected chi connectivity index (χ4v) is 6.67. The number of carbonyl (C=O) groups is 2. The second-order valence-corrected chi connectivity index (χ2v) is 10.4. The van der Waals surface area contributed by atoms with Crippen LogP contribution in [0.4, 0.5) is 0 Å². The van der Waals surface area contributed by atoms with E-state index in [2.05, 4.69) is 26.8 Å². The van der Waals surface area contributed by atoms with Crippen molar-refractivity contribution in [3.05, 3.63) is 11.6 Å². The SMILES string of the molecule is CC(=O)OC1C/C(=C/C[C@@]2(C)[C@H](C)CC[C@]3(C)[C@@H]2CCC[C@@]32CO2)C(OC(C)=O)O1. The van der Waals surface area contributed by atoms with Gasteiger partial charge in [-0.05, 0) is 49.4 Å². The minimum Gasteiger partial charge on any atom is -0.435 e. The highest BCUT2D eigenvalue weighted by atomic mass is 16.8. The Balaban J connectivity index is 1.56. The van der Waals surface area contributed by atoms with Crippen molar-refractivity contribution >= 4 is 11.9 Å². The van der Waals surface area contributed by atoms with Crippen LogP contribution in [0, 0.1) is 22.7 Å². The van der Waals surface area contributed by atoms with Crippen molar-refractivity contribution in [1.29, 1.82) is 0 Å². The van der Waals surface area contributed by atoms with E-state index < -0.39 is 24.5 Å². The second kappa shape index (κ2) is 7.63. The molecule has 0 radical (unpaired) electrons. The molecule has 7 atom stereocenters. The maximum absolute atomic E-state index is 11.6. The molecule has 30 heavy (non-hydrogen) atoms. The quantitative estimate of drug-likeness (QED) is 0.378. The standard InChI is InChI=1S/C24H36O6/c1-15-8-12-23(5)19(7-6-10-24(23)14-27-24)22(15,4)11-9-18-13-20(28-16(2)25)30-21(18)29-17(3)26/h9,15,19-21H,6-8,10-14H2,1-5H3/b18-9-/t15-,19-,20?,21?,22+,23-,24-/m1/s1. The first kappa shape index (κ1) is 21.8. The molecule has 2 saturated carbocycles. The molecule has 2 aliphatic heterocycles. The van der Waals surface area contributed by atoms with Crippen LogP contribution in [0.1, 0.15) is 79.6 Å². The molecule has 0 aromatic heterocycles. The summed E-state index contributed by atoms with van der Waals surface area (Å²) in [5.41, 5.74) is 1.36. The highest BCUT2D eigenvalue weighted by molar-refractivity contribution is 5.67. The Morgan fingerprint density at radius 1 is 1.13 bits per heavy atom. The van der Waals surface area contributed by atoms with E-state index >= 15 is 0 Å². The van der Waals surface area contributed by atoms with E-state index in [4.69, 9.17) is 18.9 Å². The van der Waals surface area contributed by atoms with Gasteiger partial charge >= 0.3 is 11.9 Å². The maximum atomic E-state index is 11.6. The van der Waals surface area contributed by atoms with Crippen molar-refractivity contribution in [3.8, 4) is 0 Å². The highest BCUT2D eigenvalue weighted by Crippen LogP contribution is 2.68. The molecular weight excluding hydrogens is 384 g/mol. The van der Waals surface area contributed by atoms with Gasteiger partial charge in [-0.1, -0.05) is 33.3 Å². The number of ether oxygens (including phenoxy) is 4. The summed E-state index contributed by atoms with van der Waals surface area (Å²) in [7, 11) is 0. The lowest BCUT2D eigenvalue weighted by Gasteiger charge is -2.60. The number of hydrogen-bond donors (Lipinski definition) is 0. The Hall–Kier alpha value is -1.40. The predicted molar refractivity (Wildman–Crippen MR) is 110 cm³/mol. The molecule has 0 aromatic carbocycles. The summed E-state index contributed by atoms with van der Waals surface area (Å²) in [5.74, 6) is 0.392. The summed E-state index contributed by atoms with van der Waals surface area (Å²) in [4.78, 5) is 22.9. The van der Waals surface area contributed by atoms with Crippen LogP contribution in [0.25, 0.3) is 0 Å². The summed E-state index contributed by atoms with van der Waals surface area (Å²) in [6.07, 6.45) is 8.16. The number of esters is 2. The van der Waals surface area contributed by atoms with Gasteiger partial charge in [0.2, 0.25) is 12.6 Å². The Morgan fingerprint density at radius 2 is 1.83 bits per heavy atom. The third-order valence-electron chi connectivity index (χ3n) is 8.75. The molecule has 168 valence electrons. The average molecular weight is 421 g/mol. The predicted octanol–water partition coefficient (Wildman–Crippen LogP) is 4.51. The first-order valence-corrected chi connectivity index (χ1v) is 11.4. The minimum atomic E-state index is -0.773. The summed E-state index contributed by atoms with van der Waals surface area (Å²) in [6.45, 7) is 10.9. The smallest absolute Gasteiger partial charge is 0.305 e. The Bertz CT molecular complexity index is 740. The van der Waals surface area contributed by atoms with Gasteiger partial charge in [-0.15, -0.1) is 0 Å². The van der Waals surface area contributed by atoms with Crippen molar-refractivity contribution in [3.63, 3.8) is 0 Å². The Morgan fingerprint density at radius 3 is 2.47 bits per heavy atom. The number of carbonyl (C=O) groups excluding carboxylic acids is 2. The molecule has 0 aromatic rings. The molecule has 2 aliphatic carbocycles. The number of rotatable bonds is 4. The second-order valence-electron chi connectivity index (χ2n) is 10.4. The zero-order chi connectivity index (χ0) is 21.7. The monoisotopic (exact) mass is 420 g/mol. The van der Waals surface area contributed by atoms with E-state index in [0.717, 1.165) is 18.6 Å². The third kappa shape index (κ3) is 3.60. The van der Waals surface area contributed by atoms with Crippen molar-refractivity contribution < 1.29 is 28.5 Å². The molecular formula is C24H36O6. The molecule has 4 rings (SSSR count). The average Bonchev–Trinajstić information content (AvgIpc) is 3.35. The van der Waals surface area contributed by atoms with Crippen molar-refractivity contribution in [2.45, 2.75) is 97.7 Å². The molecule has 0 N–H and O–H groups in total. The van der Waals surface area contributed by atoms with Crippen LogP contribution < -0.4 is 0 Å². The van der Waals surface area contributed by atoms with Gasteiger partial charge in [-0.3, -0.25) is 14.3 Å². The van der Waals surface area contributed by atoms with Gasteiger partial charge in [-0.25, -0.2) is 0 Å². The molecule has 6 nitrogen and oxygen atoms in total. The van der Waals surface area contributed by atoms with Crippen LogP contribution in [0.3, 0.4) is 0 Å². The molecule has 0 bridgehead atoms. The van der Waals surface area contributed by atoms with Crippen LogP contribution in [0.15, 0.2) is 11.6 Å². The topological polar surface area (TPSA) is 74.4 Å². The van der Waals surface area contributed by atoms with Crippen LogP contribution in [0.2, 0.25) is 0 Å². The van der Waals surface area contributed by atoms with Gasteiger partial charge in [0, 0.05) is 31.3 Å². The van der Waals surface area contributed by atoms with Gasteiger partial charge in [-0.2, -0.15) is 0 Å². The summed E-state index contributed by atoms with van der Waals surface area (Å²) in [5, 5.41) is 0. The normalized spacial score (nSPS) is 46.5. The van der Waals surface area contributed by atoms with Crippen LogP contribution >= 0.6 is 0 Å². The van der Waals surface area contributed by atoms with Crippen LogP contribution in [0.5, 0.6) is 0 Å². The molecule has 0 amide bonds. The van der Waals surface area contributed by atoms with E-state index in [1.165, 1.54) is 46.0 Å². The van der Waals surface area contributed by atoms with E-state index in [-0.39, 0.29) is 16.4 Å². The summed E-state index contributed by atoms with van der Waals surface area (Å²) >= 11 is 0. The fraction of sp³-hybridized carbons (Fsp3) is 0.833. The number of hydrogen-bond acceptors (Lipinski definition) is 6. The van der Waals surface area contributed by atoms with Crippen LogP contribution in [-0.4, -0.2) is 36.7 Å². The van der Waals surface area contributed by atoms with Gasteiger partial charge in [0.25, 0.3) is 0 Å². The molecule has 2 heterocycles. The lowest BCUT2D eigenvalue weighted by Crippen LogP contribution is -2.56. The van der Waals surface area contributed by atoms with Gasteiger partial charge in [0.1, 0.15) is 0 Å². The number of fused-ring (bicyclic) bond motifs is 2. The highest BCUT2D eigenvalue weighted by Gasteiger charge is 2.67. The first-order chi connectivity index (χ1) is 14.1. The summed E-state index contributed by atoms with van der Waals surface area (Å²) < 4.78 is 22.4. The molecule has 6 heteroatoms. The van der Waals surface area contributed by atoms with E-state index in [1.54, 1.807) is 0 Å². The van der Waals surface area contributed by atoms with Crippen LogP contribution in [-0.2, 0) is 28.5 Å². The van der Waals surface area contributed by atoms with Crippen molar-refractivity contribution in [1.82, 2.24) is 0 Å². The van der Waals surface area contributed by atoms with E-state index in [0.29, 0.717) is 18.3 Å². The molecule has 4 fully saturated rings. The zero-order valence-corrected chi connectivity index (χ0v) is 19.0. The van der Waals surface area contributed by atoms with Gasteiger partial charge in [0.15, 0.2) is 0 Å². The lowest BCUT2D eigenvalue weighted by molar-refractivity contribution is -0.204. The zero-order valence-electron chi connectivity index (χ0n) is 19.0.